The first-order valence-electron chi connectivity index (χ1n) is 11.9. The number of hydrazine groups is 1. The average molecular weight is 507 g/mol. The van der Waals surface area contributed by atoms with E-state index in [1.807, 2.05) is 24.3 Å². The molecule has 6 rings (SSSR count). The van der Waals surface area contributed by atoms with Crippen molar-refractivity contribution in [3.8, 4) is 10.7 Å². The Balaban J connectivity index is 1.37. The van der Waals surface area contributed by atoms with Crippen LogP contribution in [0.1, 0.15) is 23.2 Å². The van der Waals surface area contributed by atoms with Crippen LogP contribution in [-0.2, 0) is 6.42 Å². The molecule has 0 bridgehead atoms. The van der Waals surface area contributed by atoms with Gasteiger partial charge in [0.1, 0.15) is 11.3 Å². The fraction of sp³-hybridized carbons (Fsp3) is 0.320. The van der Waals surface area contributed by atoms with Gasteiger partial charge in [0, 0.05) is 55.9 Å². The highest BCUT2D eigenvalue weighted by Gasteiger charge is 2.32. The lowest BCUT2D eigenvalue weighted by Gasteiger charge is -2.29. The molecule has 8 nitrogen and oxygen atoms in total. The predicted octanol–water partition coefficient (Wildman–Crippen LogP) is 3.45. The molecule has 0 radical (unpaired) electrons. The van der Waals surface area contributed by atoms with Gasteiger partial charge in [0.05, 0.1) is 22.3 Å². The summed E-state index contributed by atoms with van der Waals surface area (Å²) in [4.78, 5) is 13.1. The lowest BCUT2D eigenvalue weighted by atomic mass is 10.0. The fourth-order valence-electron chi connectivity index (χ4n) is 4.76. The van der Waals surface area contributed by atoms with Crippen molar-refractivity contribution < 1.29 is 0 Å². The Morgan fingerprint density at radius 2 is 2.00 bits per heavy atom. The second-order valence-corrected chi connectivity index (χ2v) is 10.4. The summed E-state index contributed by atoms with van der Waals surface area (Å²) in [5.41, 5.74) is 9.40. The molecule has 0 spiro atoms. The molecule has 1 saturated heterocycles. The number of nitrogens with one attached hydrogen (secondary N) is 3. The number of halogens is 1. The lowest BCUT2D eigenvalue weighted by Crippen LogP contribution is -2.44. The van der Waals surface area contributed by atoms with Gasteiger partial charge < -0.3 is 5.32 Å². The summed E-state index contributed by atoms with van der Waals surface area (Å²) < 4.78 is 0. The third kappa shape index (κ3) is 4.70. The highest BCUT2D eigenvalue weighted by Crippen LogP contribution is 2.39. The largest absolute Gasteiger partial charge is 0.314 e. The SMILES string of the molecule is CC1NN2C=CC(CN3CCNCC3)=CC2=C1c1nc(Cc2ccc(Cl)cc2)c(-c2ncn[nH]2)s1. The van der Waals surface area contributed by atoms with Crippen LogP contribution in [-0.4, -0.2) is 68.8 Å². The van der Waals surface area contributed by atoms with Crippen LogP contribution in [0.25, 0.3) is 16.3 Å². The molecule has 3 aliphatic rings. The molecule has 0 amide bonds. The minimum Gasteiger partial charge on any atom is -0.314 e. The van der Waals surface area contributed by atoms with Crippen molar-refractivity contribution in [3.05, 3.63) is 81.5 Å². The number of nitrogens with zero attached hydrogens (tertiary/aromatic N) is 5. The van der Waals surface area contributed by atoms with Crippen LogP contribution >= 0.6 is 22.9 Å². The van der Waals surface area contributed by atoms with Crippen LogP contribution < -0.4 is 10.7 Å². The number of rotatable bonds is 6. The van der Waals surface area contributed by atoms with Crippen molar-refractivity contribution in [2.24, 2.45) is 0 Å². The van der Waals surface area contributed by atoms with Gasteiger partial charge in [0.15, 0.2) is 5.82 Å². The Hall–Kier alpha value is -2.82. The first-order chi connectivity index (χ1) is 17.1. The molecule has 0 aliphatic carbocycles. The van der Waals surface area contributed by atoms with Crippen LogP contribution in [0.4, 0.5) is 0 Å². The Labute approximate surface area is 213 Å². The maximum atomic E-state index is 6.10. The molecular formula is C25H27ClN8S. The molecule has 3 aliphatic heterocycles. The number of hydrogen-bond acceptors (Lipinski definition) is 8. The Bertz CT molecular complexity index is 1290. The summed E-state index contributed by atoms with van der Waals surface area (Å²) in [5.74, 6) is 0.747. The summed E-state index contributed by atoms with van der Waals surface area (Å²) >= 11 is 7.77. The summed E-state index contributed by atoms with van der Waals surface area (Å²) in [7, 11) is 0. The first kappa shape index (κ1) is 22.6. The summed E-state index contributed by atoms with van der Waals surface area (Å²) in [5, 5.41) is 14.4. The zero-order chi connectivity index (χ0) is 23.8. The van der Waals surface area contributed by atoms with E-state index in [0.717, 1.165) is 64.7 Å². The van der Waals surface area contributed by atoms with Crippen molar-refractivity contribution >= 4 is 28.5 Å². The van der Waals surface area contributed by atoms with Gasteiger partial charge in [0.2, 0.25) is 0 Å². The molecule has 5 heterocycles. The molecule has 1 unspecified atom stereocenters. The van der Waals surface area contributed by atoms with E-state index in [2.05, 4.69) is 61.1 Å². The van der Waals surface area contributed by atoms with Crippen LogP contribution in [0.15, 0.2) is 60.2 Å². The Morgan fingerprint density at radius 3 is 2.77 bits per heavy atom. The van der Waals surface area contributed by atoms with Crippen LogP contribution in [0.3, 0.4) is 0 Å². The van der Waals surface area contributed by atoms with Gasteiger partial charge in [-0.2, -0.15) is 5.10 Å². The van der Waals surface area contributed by atoms with Crippen molar-refractivity contribution in [3.63, 3.8) is 0 Å². The van der Waals surface area contributed by atoms with Crippen LogP contribution in [0.2, 0.25) is 5.02 Å². The van der Waals surface area contributed by atoms with Gasteiger partial charge in [-0.15, -0.1) is 11.3 Å². The predicted molar refractivity (Wildman–Crippen MR) is 140 cm³/mol. The minimum atomic E-state index is 0.140. The number of H-pyrrole nitrogens is 1. The third-order valence-corrected chi connectivity index (χ3v) is 7.91. The molecule has 1 aromatic carbocycles. The molecule has 3 N–H and O–H groups in total. The smallest absolute Gasteiger partial charge is 0.167 e. The number of thiazole rings is 1. The van der Waals surface area contributed by atoms with E-state index in [9.17, 15) is 0 Å². The highest BCUT2D eigenvalue weighted by atomic mass is 35.5. The van der Waals surface area contributed by atoms with E-state index >= 15 is 0 Å². The van der Waals surface area contributed by atoms with Gasteiger partial charge in [0.25, 0.3) is 0 Å². The summed E-state index contributed by atoms with van der Waals surface area (Å²) in [6.45, 7) is 7.41. The molecule has 180 valence electrons. The van der Waals surface area contributed by atoms with E-state index in [1.54, 1.807) is 17.7 Å². The topological polar surface area (TPSA) is 85.0 Å². The molecule has 1 fully saturated rings. The molecule has 3 aromatic rings. The molecule has 2 aromatic heterocycles. The number of fused-ring (bicyclic) bond motifs is 1. The van der Waals surface area contributed by atoms with Gasteiger partial charge in [-0.25, -0.2) is 15.4 Å². The number of aromatic amines is 1. The van der Waals surface area contributed by atoms with Crippen LogP contribution in [0.5, 0.6) is 0 Å². The number of aromatic nitrogens is 4. The van der Waals surface area contributed by atoms with E-state index in [1.165, 1.54) is 16.8 Å². The lowest BCUT2D eigenvalue weighted by molar-refractivity contribution is 0.260. The standard InChI is InChI=1S/C25H27ClN8S/c1-16-22(21-13-18(6-9-34(21)32-16)14-33-10-7-27-8-11-33)25-30-20(12-17-2-4-19(26)5-3-17)23(35-25)24-28-15-29-31-24/h2-6,9,13,15-16,27,32H,7-8,10-12,14H2,1H3,(H,28,29,31). The monoisotopic (exact) mass is 506 g/mol. The van der Waals surface area contributed by atoms with Gasteiger partial charge in [-0.1, -0.05) is 23.7 Å². The average Bonchev–Trinajstić information content (AvgIpc) is 3.59. The number of piperazine rings is 1. The van der Waals surface area contributed by atoms with E-state index in [4.69, 9.17) is 16.6 Å². The zero-order valence-corrected chi connectivity index (χ0v) is 21.0. The minimum absolute atomic E-state index is 0.140. The van der Waals surface area contributed by atoms with E-state index in [-0.39, 0.29) is 6.04 Å². The molecule has 10 heteroatoms. The highest BCUT2D eigenvalue weighted by molar-refractivity contribution is 7.16. The summed E-state index contributed by atoms with van der Waals surface area (Å²) in [6, 6.07) is 8.07. The van der Waals surface area contributed by atoms with Crippen LogP contribution in [0, 0.1) is 0 Å². The van der Waals surface area contributed by atoms with E-state index < -0.39 is 0 Å². The Morgan fingerprint density at radius 1 is 1.17 bits per heavy atom. The second kappa shape index (κ2) is 9.67. The number of benzene rings is 1. The van der Waals surface area contributed by atoms with Gasteiger partial charge >= 0.3 is 0 Å². The second-order valence-electron chi connectivity index (χ2n) is 9.01. The fourth-order valence-corrected chi connectivity index (χ4v) is 6.06. The maximum absolute atomic E-state index is 6.10. The van der Waals surface area contributed by atoms with Gasteiger partial charge in [-0.05, 0) is 42.3 Å². The van der Waals surface area contributed by atoms with Crippen molar-refractivity contribution in [2.75, 3.05) is 32.7 Å². The Kier molecular flexibility index (Phi) is 6.26. The molecule has 1 atom stereocenters. The normalized spacial score (nSPS) is 20.5. The zero-order valence-electron chi connectivity index (χ0n) is 19.5. The quantitative estimate of drug-likeness (QED) is 0.472. The molecule has 35 heavy (non-hydrogen) atoms. The van der Waals surface area contributed by atoms with E-state index in [0.29, 0.717) is 6.42 Å². The molecule has 0 saturated carbocycles. The molecular weight excluding hydrogens is 480 g/mol. The van der Waals surface area contributed by atoms with Crippen molar-refractivity contribution in [2.45, 2.75) is 19.4 Å². The number of hydrogen-bond donors (Lipinski definition) is 3. The maximum Gasteiger partial charge on any atom is 0.167 e. The summed E-state index contributed by atoms with van der Waals surface area (Å²) in [6.07, 6.45) is 8.89. The third-order valence-electron chi connectivity index (χ3n) is 6.52. The number of allylic oxidation sites excluding steroid dienone is 1. The first-order valence-corrected chi connectivity index (χ1v) is 13.0. The van der Waals surface area contributed by atoms with Crippen molar-refractivity contribution in [1.82, 2.24) is 40.8 Å². The van der Waals surface area contributed by atoms with Crippen molar-refractivity contribution in [1.29, 1.82) is 0 Å². The van der Waals surface area contributed by atoms with Gasteiger partial charge in [-0.3, -0.25) is 15.0 Å².